The molecule has 0 heterocycles. The molecule has 0 aliphatic rings. The molecule has 0 aromatic carbocycles. The summed E-state index contributed by atoms with van der Waals surface area (Å²) in [6, 6.07) is 0. The van der Waals surface area contributed by atoms with Gasteiger partial charge < -0.3 is 15.8 Å². The number of aliphatic imine (C=N–C) groups is 1. The van der Waals surface area contributed by atoms with E-state index in [4.69, 9.17) is 5.73 Å². The van der Waals surface area contributed by atoms with Gasteiger partial charge in [-0.15, -0.1) is 24.0 Å². The van der Waals surface area contributed by atoms with Crippen molar-refractivity contribution in [1.82, 2.24) is 5.32 Å². The molecule has 6 heteroatoms. The molecule has 102 valence electrons. The van der Waals surface area contributed by atoms with Crippen molar-refractivity contribution in [2.24, 2.45) is 10.7 Å². The lowest BCUT2D eigenvalue weighted by Crippen LogP contribution is -2.45. The lowest BCUT2D eigenvalue weighted by molar-refractivity contribution is -0.140. The van der Waals surface area contributed by atoms with Gasteiger partial charge >= 0.3 is 5.97 Å². The molecule has 0 aromatic heterocycles. The van der Waals surface area contributed by atoms with Crippen LogP contribution in [-0.4, -0.2) is 31.1 Å². The van der Waals surface area contributed by atoms with E-state index in [2.05, 4.69) is 15.0 Å². The second-order valence-electron chi connectivity index (χ2n) is 4.68. The predicted molar refractivity (Wildman–Crippen MR) is 80.7 cm³/mol. The highest BCUT2D eigenvalue weighted by Crippen LogP contribution is 1.99. The minimum Gasteiger partial charge on any atom is -0.469 e. The lowest BCUT2D eigenvalue weighted by Gasteiger charge is -2.20. The van der Waals surface area contributed by atoms with Crippen LogP contribution in [0.5, 0.6) is 0 Å². The zero-order valence-electron chi connectivity index (χ0n) is 11.1. The first kappa shape index (κ1) is 18.8. The Balaban J connectivity index is 0. The molecule has 0 aromatic rings. The highest BCUT2D eigenvalue weighted by Gasteiger charge is 2.09. The molecular weight excluding hydrogens is 333 g/mol. The Bertz CT molecular complexity index is 250. The van der Waals surface area contributed by atoms with Crippen LogP contribution in [0.25, 0.3) is 0 Å². The Labute approximate surface area is 121 Å². The van der Waals surface area contributed by atoms with Gasteiger partial charge in [-0.1, -0.05) is 0 Å². The number of methoxy groups -OCH3 is 1. The van der Waals surface area contributed by atoms with Gasteiger partial charge in [-0.3, -0.25) is 9.79 Å². The third-order valence-corrected chi connectivity index (χ3v) is 1.80. The first-order valence-electron chi connectivity index (χ1n) is 5.50. The van der Waals surface area contributed by atoms with Crippen LogP contribution in [0, 0.1) is 0 Å². The van der Waals surface area contributed by atoms with Crippen molar-refractivity contribution in [3.05, 3.63) is 0 Å². The summed E-state index contributed by atoms with van der Waals surface area (Å²) in [6.07, 6.45) is 2.05. The van der Waals surface area contributed by atoms with Gasteiger partial charge in [-0.2, -0.15) is 0 Å². The van der Waals surface area contributed by atoms with Gasteiger partial charge in [0.1, 0.15) is 0 Å². The van der Waals surface area contributed by atoms with E-state index in [1.807, 2.05) is 20.8 Å². The van der Waals surface area contributed by atoms with E-state index < -0.39 is 0 Å². The molecule has 5 nitrogen and oxygen atoms in total. The Morgan fingerprint density at radius 3 is 2.41 bits per heavy atom. The standard InChI is InChI=1S/C11H23N3O2.HI/c1-11(2,3)14-10(12)13-8-6-5-7-9(15)16-4;/h5-8H2,1-4H3,(H3,12,13,14);1H. The fourth-order valence-corrected chi connectivity index (χ4v) is 1.11. The van der Waals surface area contributed by atoms with Gasteiger partial charge in [0.25, 0.3) is 0 Å². The third kappa shape index (κ3) is 13.4. The van der Waals surface area contributed by atoms with E-state index in [1.54, 1.807) is 0 Å². The normalized spacial score (nSPS) is 11.6. The minimum atomic E-state index is -0.176. The van der Waals surface area contributed by atoms with Crippen LogP contribution in [0.1, 0.15) is 40.0 Å². The van der Waals surface area contributed by atoms with E-state index >= 15 is 0 Å². The summed E-state index contributed by atoms with van der Waals surface area (Å²) in [6.45, 7) is 6.69. The molecule has 3 N–H and O–H groups in total. The van der Waals surface area contributed by atoms with Gasteiger partial charge in [0.2, 0.25) is 0 Å². The van der Waals surface area contributed by atoms with Crippen LogP contribution in [-0.2, 0) is 9.53 Å². The molecule has 0 saturated heterocycles. The Morgan fingerprint density at radius 2 is 1.94 bits per heavy atom. The maximum Gasteiger partial charge on any atom is 0.305 e. The van der Waals surface area contributed by atoms with Gasteiger partial charge in [0.05, 0.1) is 7.11 Å². The highest BCUT2D eigenvalue weighted by molar-refractivity contribution is 14.0. The van der Waals surface area contributed by atoms with E-state index in [9.17, 15) is 4.79 Å². The molecule has 0 rings (SSSR count). The number of hydrogen-bond acceptors (Lipinski definition) is 3. The van der Waals surface area contributed by atoms with Gasteiger partial charge in [0.15, 0.2) is 5.96 Å². The van der Waals surface area contributed by atoms with Crippen molar-refractivity contribution >= 4 is 35.9 Å². The van der Waals surface area contributed by atoms with Crippen molar-refractivity contribution in [3.8, 4) is 0 Å². The van der Waals surface area contributed by atoms with Crippen LogP contribution >= 0.6 is 24.0 Å². The molecule has 0 atom stereocenters. The average Bonchev–Trinajstić information content (AvgIpc) is 2.14. The van der Waals surface area contributed by atoms with E-state index in [0.717, 1.165) is 12.8 Å². The van der Waals surface area contributed by atoms with Crippen molar-refractivity contribution in [2.75, 3.05) is 13.7 Å². The molecule has 0 aliphatic carbocycles. The number of nitrogens with one attached hydrogen (secondary N) is 1. The number of nitrogens with zero attached hydrogens (tertiary/aromatic N) is 1. The maximum absolute atomic E-state index is 10.8. The summed E-state index contributed by atoms with van der Waals surface area (Å²) < 4.78 is 4.53. The van der Waals surface area contributed by atoms with Crippen LogP contribution in [0.2, 0.25) is 0 Å². The highest BCUT2D eigenvalue weighted by atomic mass is 127. The SMILES string of the molecule is COC(=O)CCCCN=C(N)NC(C)(C)C.I. The first-order valence-corrected chi connectivity index (χ1v) is 5.50. The van der Waals surface area contributed by atoms with Crippen molar-refractivity contribution in [3.63, 3.8) is 0 Å². The molecule has 0 spiro atoms. The Kier molecular flexibility index (Phi) is 10.5. The maximum atomic E-state index is 10.8. The summed E-state index contributed by atoms with van der Waals surface area (Å²) in [5.74, 6) is 0.273. The number of ether oxygens (including phenoxy) is 1. The van der Waals surface area contributed by atoms with Crippen molar-refractivity contribution < 1.29 is 9.53 Å². The van der Waals surface area contributed by atoms with Crippen LogP contribution in [0.3, 0.4) is 0 Å². The molecule has 0 aliphatic heterocycles. The van der Waals surface area contributed by atoms with E-state index in [1.165, 1.54) is 7.11 Å². The topological polar surface area (TPSA) is 76.7 Å². The molecule has 0 fully saturated rings. The number of rotatable bonds is 5. The fraction of sp³-hybridized carbons (Fsp3) is 0.818. The van der Waals surface area contributed by atoms with E-state index in [0.29, 0.717) is 18.9 Å². The molecule has 0 amide bonds. The number of guanidine groups is 1. The number of halogens is 1. The average molecular weight is 357 g/mol. The monoisotopic (exact) mass is 357 g/mol. The number of nitrogens with two attached hydrogens (primary N) is 1. The quantitative estimate of drug-likeness (QED) is 0.258. The molecule has 0 radical (unpaired) electrons. The molecule has 17 heavy (non-hydrogen) atoms. The third-order valence-electron chi connectivity index (χ3n) is 1.80. The minimum absolute atomic E-state index is 0. The number of esters is 1. The molecule has 0 saturated carbocycles. The second-order valence-corrected chi connectivity index (χ2v) is 4.68. The molecule has 0 bridgehead atoms. The summed E-state index contributed by atoms with van der Waals surface area (Å²) in [4.78, 5) is 15.0. The summed E-state index contributed by atoms with van der Waals surface area (Å²) in [5, 5.41) is 3.07. The zero-order chi connectivity index (χ0) is 12.6. The molecular formula is C11H24IN3O2. The predicted octanol–water partition coefficient (Wildman–Crippen LogP) is 1.65. The van der Waals surface area contributed by atoms with Gasteiger partial charge in [-0.05, 0) is 33.6 Å². The number of carbonyl (C=O) groups is 1. The van der Waals surface area contributed by atoms with E-state index in [-0.39, 0.29) is 35.5 Å². The smallest absolute Gasteiger partial charge is 0.305 e. The largest absolute Gasteiger partial charge is 0.469 e. The van der Waals surface area contributed by atoms with Crippen LogP contribution < -0.4 is 11.1 Å². The number of unbranched alkanes of at least 4 members (excludes halogenated alkanes) is 1. The molecule has 0 unspecified atom stereocenters. The Hall–Kier alpha value is -0.530. The van der Waals surface area contributed by atoms with Gasteiger partial charge in [-0.25, -0.2) is 0 Å². The fourth-order valence-electron chi connectivity index (χ4n) is 1.11. The summed E-state index contributed by atoms with van der Waals surface area (Å²) in [5.41, 5.74) is 5.61. The number of carbonyl (C=O) groups excluding carboxylic acids is 1. The summed E-state index contributed by atoms with van der Waals surface area (Å²) in [7, 11) is 1.39. The lowest BCUT2D eigenvalue weighted by atomic mass is 10.1. The van der Waals surface area contributed by atoms with Crippen molar-refractivity contribution in [1.29, 1.82) is 0 Å². The summed E-state index contributed by atoms with van der Waals surface area (Å²) >= 11 is 0. The second kappa shape index (κ2) is 9.49. The zero-order valence-corrected chi connectivity index (χ0v) is 13.4. The van der Waals surface area contributed by atoms with Crippen molar-refractivity contribution in [2.45, 2.75) is 45.6 Å². The Morgan fingerprint density at radius 1 is 1.35 bits per heavy atom. The van der Waals surface area contributed by atoms with Gasteiger partial charge in [0, 0.05) is 18.5 Å². The first-order chi connectivity index (χ1) is 7.35. The van der Waals surface area contributed by atoms with Crippen LogP contribution in [0.4, 0.5) is 0 Å². The number of hydrogen-bond donors (Lipinski definition) is 2. The van der Waals surface area contributed by atoms with Crippen LogP contribution in [0.15, 0.2) is 4.99 Å².